The number of carbonyl (C=O) groups excluding carboxylic acids is 2. The third-order valence-electron chi connectivity index (χ3n) is 5.04. The summed E-state index contributed by atoms with van der Waals surface area (Å²) in [4.78, 5) is 26.9. The highest BCUT2D eigenvalue weighted by molar-refractivity contribution is 5.88. The molecule has 2 atom stereocenters. The van der Waals surface area contributed by atoms with Crippen molar-refractivity contribution in [2.45, 2.75) is 19.0 Å². The molecule has 1 amide bonds. The van der Waals surface area contributed by atoms with E-state index in [0.29, 0.717) is 31.3 Å². The Kier molecular flexibility index (Phi) is 4.71. The van der Waals surface area contributed by atoms with Gasteiger partial charge in [-0.2, -0.15) is 0 Å². The van der Waals surface area contributed by atoms with E-state index in [4.69, 9.17) is 14.2 Å². The third kappa shape index (κ3) is 3.35. The molecule has 0 unspecified atom stereocenters. The van der Waals surface area contributed by atoms with Gasteiger partial charge in [0.15, 0.2) is 11.5 Å². The quantitative estimate of drug-likeness (QED) is 0.778. The first kappa shape index (κ1) is 17.4. The van der Waals surface area contributed by atoms with Crippen molar-refractivity contribution in [2.75, 3.05) is 20.3 Å². The van der Waals surface area contributed by atoms with Gasteiger partial charge in [0.25, 0.3) is 0 Å². The van der Waals surface area contributed by atoms with Gasteiger partial charge in [-0.05, 0) is 23.3 Å². The summed E-state index contributed by atoms with van der Waals surface area (Å²) in [5.41, 5.74) is 1.86. The summed E-state index contributed by atoms with van der Waals surface area (Å²) in [7, 11) is 1.35. The van der Waals surface area contributed by atoms with Crippen molar-refractivity contribution in [3.05, 3.63) is 59.7 Å². The molecule has 0 N–H and O–H groups in total. The number of ether oxygens (including phenoxy) is 3. The molecular weight excluding hydrogens is 346 g/mol. The average Bonchev–Trinajstić information content (AvgIpc) is 3.04. The van der Waals surface area contributed by atoms with Crippen molar-refractivity contribution in [1.29, 1.82) is 0 Å². The predicted molar refractivity (Wildman–Crippen MR) is 97.3 cm³/mol. The summed E-state index contributed by atoms with van der Waals surface area (Å²) in [5, 5.41) is 0. The van der Waals surface area contributed by atoms with Crippen LogP contribution in [0.4, 0.5) is 0 Å². The lowest BCUT2D eigenvalue weighted by Gasteiger charge is -2.29. The maximum absolute atomic E-state index is 12.7. The molecule has 140 valence electrons. The highest BCUT2D eigenvalue weighted by Crippen LogP contribution is 2.42. The number of methoxy groups -OCH3 is 1. The Balaban J connectivity index is 1.71. The zero-order valence-electron chi connectivity index (χ0n) is 15.1. The molecule has 2 aromatic carbocycles. The Morgan fingerprint density at radius 2 is 1.85 bits per heavy atom. The predicted octanol–water partition coefficient (Wildman–Crippen LogP) is 2.72. The van der Waals surface area contributed by atoms with Crippen LogP contribution in [0.3, 0.4) is 0 Å². The van der Waals surface area contributed by atoms with Crippen LogP contribution in [0.25, 0.3) is 0 Å². The number of hydrogen-bond acceptors (Lipinski definition) is 5. The molecule has 0 saturated carbocycles. The van der Waals surface area contributed by atoms with E-state index in [1.54, 1.807) is 4.90 Å². The summed E-state index contributed by atoms with van der Waals surface area (Å²) < 4.78 is 16.2. The molecule has 0 spiro atoms. The molecule has 1 saturated heterocycles. The van der Waals surface area contributed by atoms with Gasteiger partial charge in [-0.25, -0.2) is 0 Å². The number of benzene rings is 2. The maximum atomic E-state index is 12.7. The second-order valence-electron chi connectivity index (χ2n) is 6.69. The fourth-order valence-corrected chi connectivity index (χ4v) is 3.78. The Hall–Kier alpha value is -3.02. The number of esters is 1. The molecule has 4 rings (SSSR count). The lowest BCUT2D eigenvalue weighted by molar-refractivity contribution is -0.146. The second kappa shape index (κ2) is 7.31. The van der Waals surface area contributed by atoms with Gasteiger partial charge in [-0.15, -0.1) is 0 Å². The average molecular weight is 367 g/mol. The molecular formula is C21H21NO5. The van der Waals surface area contributed by atoms with Gasteiger partial charge in [-0.1, -0.05) is 36.4 Å². The normalized spacial score (nSPS) is 21.2. The van der Waals surface area contributed by atoms with E-state index in [2.05, 4.69) is 0 Å². The lowest BCUT2D eigenvalue weighted by atomic mass is 9.93. The standard InChI is InChI=1S/C21H21NO5/c1-25-21(24)16-12-19(23)22(13-14-5-3-2-4-6-14)20(16)15-7-8-17-18(11-15)27-10-9-26-17/h2-8,11,16,20H,9-10,12-13H2,1H3/t16-,20+/m0/s1. The van der Waals surface area contributed by atoms with Gasteiger partial charge < -0.3 is 19.1 Å². The molecule has 2 heterocycles. The fourth-order valence-electron chi connectivity index (χ4n) is 3.78. The lowest BCUT2D eigenvalue weighted by Crippen LogP contribution is -2.30. The molecule has 0 radical (unpaired) electrons. The first-order valence-electron chi connectivity index (χ1n) is 8.98. The van der Waals surface area contributed by atoms with Crippen LogP contribution in [0.1, 0.15) is 23.6 Å². The number of rotatable bonds is 4. The van der Waals surface area contributed by atoms with Crippen molar-refractivity contribution in [2.24, 2.45) is 5.92 Å². The number of carbonyl (C=O) groups is 2. The topological polar surface area (TPSA) is 65.1 Å². The number of likely N-dealkylation sites (tertiary alicyclic amines) is 1. The van der Waals surface area contributed by atoms with E-state index < -0.39 is 12.0 Å². The number of amides is 1. The summed E-state index contributed by atoms with van der Waals surface area (Å²) in [6.45, 7) is 1.43. The molecule has 0 aliphatic carbocycles. The molecule has 6 heteroatoms. The molecule has 27 heavy (non-hydrogen) atoms. The van der Waals surface area contributed by atoms with Crippen LogP contribution < -0.4 is 9.47 Å². The smallest absolute Gasteiger partial charge is 0.311 e. The molecule has 2 aromatic rings. The fraction of sp³-hybridized carbons (Fsp3) is 0.333. The summed E-state index contributed by atoms with van der Waals surface area (Å²) in [5.74, 6) is 0.335. The van der Waals surface area contributed by atoms with Gasteiger partial charge in [0.2, 0.25) is 5.91 Å². The SMILES string of the molecule is COC(=O)[C@H]1CC(=O)N(Cc2ccccc2)[C@@H]1c1ccc2c(c1)OCCO2. The molecule has 0 aromatic heterocycles. The summed E-state index contributed by atoms with van der Waals surface area (Å²) >= 11 is 0. The molecule has 2 aliphatic rings. The number of nitrogens with zero attached hydrogens (tertiary/aromatic N) is 1. The summed E-state index contributed by atoms with van der Waals surface area (Å²) in [6, 6.07) is 14.9. The molecule has 6 nitrogen and oxygen atoms in total. The summed E-state index contributed by atoms with van der Waals surface area (Å²) in [6.07, 6.45) is 0.138. The van der Waals surface area contributed by atoms with E-state index in [9.17, 15) is 9.59 Å². The zero-order valence-corrected chi connectivity index (χ0v) is 15.1. The Morgan fingerprint density at radius 1 is 1.11 bits per heavy atom. The zero-order chi connectivity index (χ0) is 18.8. The number of fused-ring (bicyclic) bond motifs is 1. The second-order valence-corrected chi connectivity index (χ2v) is 6.69. The van der Waals surface area contributed by atoms with E-state index in [0.717, 1.165) is 11.1 Å². The van der Waals surface area contributed by atoms with Crippen LogP contribution in [0.5, 0.6) is 11.5 Å². The van der Waals surface area contributed by atoms with Crippen LogP contribution in [-0.4, -0.2) is 37.1 Å². The van der Waals surface area contributed by atoms with E-state index in [1.165, 1.54) is 7.11 Å². The highest BCUT2D eigenvalue weighted by Gasteiger charge is 2.45. The van der Waals surface area contributed by atoms with Gasteiger partial charge in [0.1, 0.15) is 13.2 Å². The number of hydrogen-bond donors (Lipinski definition) is 0. The molecule has 1 fully saturated rings. The van der Waals surface area contributed by atoms with E-state index in [-0.39, 0.29) is 18.3 Å². The van der Waals surface area contributed by atoms with Crippen molar-refractivity contribution in [3.63, 3.8) is 0 Å². The van der Waals surface area contributed by atoms with Gasteiger partial charge in [0.05, 0.1) is 19.1 Å². The van der Waals surface area contributed by atoms with Crippen LogP contribution in [-0.2, 0) is 20.9 Å². The minimum atomic E-state index is -0.547. The van der Waals surface area contributed by atoms with Crippen molar-refractivity contribution in [1.82, 2.24) is 4.90 Å². The first-order valence-corrected chi connectivity index (χ1v) is 8.98. The maximum Gasteiger partial charge on any atom is 0.311 e. The van der Waals surface area contributed by atoms with E-state index >= 15 is 0 Å². The minimum Gasteiger partial charge on any atom is -0.486 e. The van der Waals surface area contributed by atoms with Gasteiger partial charge >= 0.3 is 5.97 Å². The third-order valence-corrected chi connectivity index (χ3v) is 5.04. The Labute approximate surface area is 157 Å². The largest absolute Gasteiger partial charge is 0.486 e. The van der Waals surface area contributed by atoms with Gasteiger partial charge in [-0.3, -0.25) is 9.59 Å². The van der Waals surface area contributed by atoms with Crippen molar-refractivity contribution < 1.29 is 23.8 Å². The molecule has 2 aliphatic heterocycles. The van der Waals surface area contributed by atoms with Gasteiger partial charge in [0, 0.05) is 13.0 Å². The Morgan fingerprint density at radius 3 is 2.59 bits per heavy atom. The van der Waals surface area contributed by atoms with Crippen LogP contribution in [0.2, 0.25) is 0 Å². The molecule has 0 bridgehead atoms. The van der Waals surface area contributed by atoms with Crippen molar-refractivity contribution in [3.8, 4) is 11.5 Å². The monoisotopic (exact) mass is 367 g/mol. The van der Waals surface area contributed by atoms with Crippen LogP contribution in [0, 0.1) is 5.92 Å². The Bertz CT molecular complexity index is 851. The highest BCUT2D eigenvalue weighted by atomic mass is 16.6. The van der Waals surface area contributed by atoms with E-state index in [1.807, 2.05) is 48.5 Å². The van der Waals surface area contributed by atoms with Crippen LogP contribution in [0.15, 0.2) is 48.5 Å². The van der Waals surface area contributed by atoms with Crippen molar-refractivity contribution >= 4 is 11.9 Å². The first-order chi connectivity index (χ1) is 13.2. The minimum absolute atomic E-state index is 0.0610. The van der Waals surface area contributed by atoms with Crippen LogP contribution >= 0.6 is 0 Å².